The SMILES string of the molecule is Cn1c(COC(=O)CCNS(=O)(=O)c2cccc(C(F)(F)F)c2)cc(=O)n(C)c1=O. The molecule has 0 aliphatic heterocycles. The van der Waals surface area contributed by atoms with E-state index in [0.717, 1.165) is 33.4 Å². The van der Waals surface area contributed by atoms with E-state index in [-0.39, 0.29) is 12.3 Å². The van der Waals surface area contributed by atoms with Gasteiger partial charge in [-0.2, -0.15) is 13.2 Å². The molecule has 0 aliphatic rings. The summed E-state index contributed by atoms with van der Waals surface area (Å²) in [5.41, 5.74) is -2.18. The molecule has 1 aromatic heterocycles. The van der Waals surface area contributed by atoms with Crippen LogP contribution in [0.5, 0.6) is 0 Å². The van der Waals surface area contributed by atoms with Gasteiger partial charge in [-0.25, -0.2) is 17.9 Å². The smallest absolute Gasteiger partial charge is 0.416 e. The molecular formula is C17H18F3N3O6S. The van der Waals surface area contributed by atoms with Gasteiger partial charge in [0.05, 0.1) is 22.6 Å². The zero-order valence-electron chi connectivity index (χ0n) is 15.9. The molecule has 0 saturated carbocycles. The van der Waals surface area contributed by atoms with Gasteiger partial charge in [0.15, 0.2) is 0 Å². The topological polar surface area (TPSA) is 116 Å². The molecule has 30 heavy (non-hydrogen) atoms. The Morgan fingerprint density at radius 2 is 1.80 bits per heavy atom. The fourth-order valence-electron chi connectivity index (χ4n) is 2.35. The van der Waals surface area contributed by atoms with Crippen LogP contribution >= 0.6 is 0 Å². The maximum atomic E-state index is 12.7. The van der Waals surface area contributed by atoms with Crippen LogP contribution in [-0.2, 0) is 46.4 Å². The monoisotopic (exact) mass is 449 g/mol. The molecule has 1 aromatic carbocycles. The maximum absolute atomic E-state index is 12.7. The summed E-state index contributed by atoms with van der Waals surface area (Å²) in [5, 5.41) is 0. The molecule has 164 valence electrons. The molecule has 2 rings (SSSR count). The first-order valence-corrected chi connectivity index (χ1v) is 9.90. The van der Waals surface area contributed by atoms with E-state index in [1.807, 2.05) is 4.72 Å². The Bertz CT molecular complexity index is 1170. The van der Waals surface area contributed by atoms with E-state index >= 15 is 0 Å². The van der Waals surface area contributed by atoms with Crippen molar-refractivity contribution in [2.75, 3.05) is 6.54 Å². The molecule has 13 heteroatoms. The highest BCUT2D eigenvalue weighted by atomic mass is 32.2. The van der Waals surface area contributed by atoms with Gasteiger partial charge >= 0.3 is 17.8 Å². The molecule has 0 saturated heterocycles. The number of carbonyl (C=O) groups is 1. The summed E-state index contributed by atoms with van der Waals surface area (Å²) in [6, 6.07) is 4.29. The van der Waals surface area contributed by atoms with Gasteiger partial charge in [-0.05, 0) is 18.2 Å². The van der Waals surface area contributed by atoms with Gasteiger partial charge in [0, 0.05) is 26.7 Å². The highest BCUT2D eigenvalue weighted by Gasteiger charge is 2.31. The Hall–Kier alpha value is -2.93. The van der Waals surface area contributed by atoms with Crippen molar-refractivity contribution in [3.63, 3.8) is 0 Å². The number of hydrogen-bond donors (Lipinski definition) is 1. The number of carbonyl (C=O) groups excluding carboxylic acids is 1. The minimum atomic E-state index is -4.70. The Balaban J connectivity index is 1.95. The number of aromatic nitrogens is 2. The third kappa shape index (κ3) is 5.57. The van der Waals surface area contributed by atoms with Crippen LogP contribution in [0.1, 0.15) is 17.7 Å². The number of ether oxygens (including phenoxy) is 1. The lowest BCUT2D eigenvalue weighted by Gasteiger charge is -2.11. The number of halogens is 3. The fraction of sp³-hybridized carbons (Fsp3) is 0.353. The van der Waals surface area contributed by atoms with E-state index < -0.39 is 56.8 Å². The summed E-state index contributed by atoms with van der Waals surface area (Å²) < 4.78 is 71.3. The summed E-state index contributed by atoms with van der Waals surface area (Å²) in [7, 11) is -1.60. The van der Waals surface area contributed by atoms with Crippen molar-refractivity contribution >= 4 is 16.0 Å². The van der Waals surface area contributed by atoms with Gasteiger partial charge in [0.2, 0.25) is 10.0 Å². The molecule has 2 aromatic rings. The minimum Gasteiger partial charge on any atom is -0.459 e. The highest BCUT2D eigenvalue weighted by molar-refractivity contribution is 7.89. The summed E-state index contributed by atoms with van der Waals surface area (Å²) in [4.78, 5) is 34.6. The number of esters is 1. The van der Waals surface area contributed by atoms with Crippen molar-refractivity contribution < 1.29 is 31.1 Å². The van der Waals surface area contributed by atoms with Gasteiger partial charge < -0.3 is 4.74 Å². The number of rotatable bonds is 7. The molecule has 1 heterocycles. The van der Waals surface area contributed by atoms with Crippen molar-refractivity contribution in [2.24, 2.45) is 14.1 Å². The zero-order chi connectivity index (χ0) is 22.7. The van der Waals surface area contributed by atoms with Crippen molar-refractivity contribution in [3.05, 3.63) is 62.4 Å². The van der Waals surface area contributed by atoms with Gasteiger partial charge in [-0.15, -0.1) is 0 Å². The lowest BCUT2D eigenvalue weighted by molar-refractivity contribution is -0.145. The quantitative estimate of drug-likeness (QED) is 0.616. The number of hydrogen-bond acceptors (Lipinski definition) is 6. The number of nitrogens with one attached hydrogen (secondary N) is 1. The molecule has 0 fully saturated rings. The van der Waals surface area contributed by atoms with E-state index in [1.165, 1.54) is 14.1 Å². The Kier molecular flexibility index (Phi) is 6.87. The first kappa shape index (κ1) is 23.3. The number of sulfonamides is 1. The van der Waals surface area contributed by atoms with Gasteiger partial charge in [0.25, 0.3) is 5.56 Å². The summed E-state index contributed by atoms with van der Waals surface area (Å²) in [6.45, 7) is -0.812. The highest BCUT2D eigenvalue weighted by Crippen LogP contribution is 2.30. The van der Waals surface area contributed by atoms with Crippen LogP contribution in [0.4, 0.5) is 13.2 Å². The molecule has 0 spiro atoms. The van der Waals surface area contributed by atoms with Gasteiger partial charge in [0.1, 0.15) is 6.61 Å². The van der Waals surface area contributed by atoms with Crippen LogP contribution in [0.15, 0.2) is 44.8 Å². The third-order valence-electron chi connectivity index (χ3n) is 4.10. The minimum absolute atomic E-state index is 0.140. The molecule has 0 aliphatic carbocycles. The van der Waals surface area contributed by atoms with E-state index in [1.54, 1.807) is 0 Å². The largest absolute Gasteiger partial charge is 0.459 e. The van der Waals surface area contributed by atoms with E-state index in [9.17, 15) is 36.0 Å². The van der Waals surface area contributed by atoms with E-state index in [4.69, 9.17) is 4.74 Å². The van der Waals surface area contributed by atoms with Crippen LogP contribution in [0, 0.1) is 0 Å². The average Bonchev–Trinajstić information content (AvgIpc) is 2.67. The molecular weight excluding hydrogens is 431 g/mol. The normalized spacial score (nSPS) is 12.0. The first-order chi connectivity index (χ1) is 13.8. The molecule has 9 nitrogen and oxygen atoms in total. The van der Waals surface area contributed by atoms with Gasteiger partial charge in [-0.1, -0.05) is 6.07 Å². The number of nitrogens with zero attached hydrogens (tertiary/aromatic N) is 2. The second kappa shape index (κ2) is 8.83. The predicted molar refractivity (Wildman–Crippen MR) is 98.0 cm³/mol. The van der Waals surface area contributed by atoms with E-state index in [2.05, 4.69) is 0 Å². The van der Waals surface area contributed by atoms with Crippen molar-refractivity contribution in [1.82, 2.24) is 13.9 Å². The number of alkyl halides is 3. The molecule has 0 atom stereocenters. The van der Waals surface area contributed by atoms with Crippen molar-refractivity contribution in [3.8, 4) is 0 Å². The molecule has 0 bridgehead atoms. The Morgan fingerprint density at radius 3 is 2.43 bits per heavy atom. The van der Waals surface area contributed by atoms with Crippen molar-refractivity contribution in [1.29, 1.82) is 0 Å². The second-order valence-corrected chi connectivity index (χ2v) is 7.98. The zero-order valence-corrected chi connectivity index (χ0v) is 16.7. The predicted octanol–water partition coefficient (Wildman–Crippen LogP) is 0.515. The van der Waals surface area contributed by atoms with E-state index in [0.29, 0.717) is 6.07 Å². The standard InChI is InChI=1S/C17H18F3N3O6S/c1-22-12(9-14(24)23(2)16(22)26)10-29-15(25)6-7-21-30(27,28)13-5-3-4-11(8-13)17(18,19)20/h3-5,8-9,21H,6-7,10H2,1-2H3. The van der Waals surface area contributed by atoms with Crippen LogP contribution < -0.4 is 16.0 Å². The molecule has 0 amide bonds. The first-order valence-electron chi connectivity index (χ1n) is 8.41. The third-order valence-corrected chi connectivity index (χ3v) is 5.56. The molecule has 0 radical (unpaired) electrons. The fourth-order valence-corrected chi connectivity index (χ4v) is 3.43. The van der Waals surface area contributed by atoms with Gasteiger partial charge in [-0.3, -0.25) is 18.7 Å². The van der Waals surface area contributed by atoms with Crippen LogP contribution in [0.3, 0.4) is 0 Å². The number of benzene rings is 1. The summed E-state index contributed by atoms with van der Waals surface area (Å²) in [6.07, 6.45) is -5.12. The van der Waals surface area contributed by atoms with Crippen LogP contribution in [0.2, 0.25) is 0 Å². The lowest BCUT2D eigenvalue weighted by Crippen LogP contribution is -2.38. The lowest BCUT2D eigenvalue weighted by atomic mass is 10.2. The Labute approximate surface area is 168 Å². The maximum Gasteiger partial charge on any atom is 0.416 e. The van der Waals surface area contributed by atoms with Crippen LogP contribution in [-0.4, -0.2) is 30.1 Å². The second-order valence-electron chi connectivity index (χ2n) is 6.21. The summed E-state index contributed by atoms with van der Waals surface area (Å²) in [5.74, 6) is -0.838. The molecule has 0 unspecified atom stereocenters. The summed E-state index contributed by atoms with van der Waals surface area (Å²) >= 11 is 0. The molecule has 1 N–H and O–H groups in total. The Morgan fingerprint density at radius 1 is 1.13 bits per heavy atom. The van der Waals surface area contributed by atoms with Crippen LogP contribution in [0.25, 0.3) is 0 Å². The average molecular weight is 449 g/mol. The van der Waals surface area contributed by atoms with Crippen molar-refractivity contribution in [2.45, 2.75) is 24.1 Å².